The van der Waals surface area contributed by atoms with Gasteiger partial charge in [-0.1, -0.05) is 23.7 Å². The second kappa shape index (κ2) is 5.33. The van der Waals surface area contributed by atoms with Crippen LogP contribution in [0.4, 0.5) is 0 Å². The molecule has 0 fully saturated rings. The summed E-state index contributed by atoms with van der Waals surface area (Å²) in [6.07, 6.45) is 0. The van der Waals surface area contributed by atoms with E-state index in [-0.39, 0.29) is 5.56 Å². The van der Waals surface area contributed by atoms with Crippen molar-refractivity contribution in [2.75, 3.05) is 7.11 Å². The first-order chi connectivity index (χ1) is 9.04. The van der Waals surface area contributed by atoms with Gasteiger partial charge in [0.2, 0.25) is 0 Å². The van der Waals surface area contributed by atoms with Crippen LogP contribution in [0.15, 0.2) is 36.4 Å². The highest BCUT2D eigenvalue weighted by atomic mass is 35.5. The van der Waals surface area contributed by atoms with Crippen LogP contribution in [0, 0.1) is 6.92 Å². The fourth-order valence-corrected chi connectivity index (χ4v) is 2.12. The van der Waals surface area contributed by atoms with E-state index in [0.717, 1.165) is 16.7 Å². The van der Waals surface area contributed by atoms with Crippen LogP contribution >= 0.6 is 11.6 Å². The van der Waals surface area contributed by atoms with Crippen molar-refractivity contribution in [2.45, 2.75) is 6.92 Å². The van der Waals surface area contributed by atoms with Gasteiger partial charge in [-0.15, -0.1) is 0 Å². The van der Waals surface area contributed by atoms with Crippen molar-refractivity contribution in [3.8, 4) is 16.9 Å². The van der Waals surface area contributed by atoms with Crippen LogP contribution in [0.2, 0.25) is 5.02 Å². The van der Waals surface area contributed by atoms with Gasteiger partial charge in [0.25, 0.3) is 0 Å². The van der Waals surface area contributed by atoms with E-state index in [2.05, 4.69) is 0 Å². The molecule has 1 N–H and O–H groups in total. The molecule has 2 aromatic rings. The molecule has 19 heavy (non-hydrogen) atoms. The summed E-state index contributed by atoms with van der Waals surface area (Å²) in [7, 11) is 1.52. The molecular weight excluding hydrogens is 264 g/mol. The van der Waals surface area contributed by atoms with Gasteiger partial charge in [0.1, 0.15) is 5.75 Å². The molecule has 0 radical (unpaired) electrons. The first-order valence-corrected chi connectivity index (χ1v) is 6.09. The zero-order valence-electron chi connectivity index (χ0n) is 10.6. The lowest BCUT2D eigenvalue weighted by Crippen LogP contribution is -1.98. The molecule has 0 saturated heterocycles. The van der Waals surface area contributed by atoms with Gasteiger partial charge < -0.3 is 9.84 Å². The molecule has 0 atom stereocenters. The maximum Gasteiger partial charge on any atom is 0.335 e. The molecule has 0 aliphatic rings. The third-order valence-electron chi connectivity index (χ3n) is 3.01. The Morgan fingerprint density at radius 3 is 2.58 bits per heavy atom. The molecule has 0 unspecified atom stereocenters. The minimum atomic E-state index is -0.979. The number of ether oxygens (including phenoxy) is 1. The van der Waals surface area contributed by atoms with E-state index < -0.39 is 5.97 Å². The Hall–Kier alpha value is -2.00. The number of hydrogen-bond donors (Lipinski definition) is 1. The second-order valence-electron chi connectivity index (χ2n) is 4.13. The Kier molecular flexibility index (Phi) is 3.76. The summed E-state index contributed by atoms with van der Waals surface area (Å²) in [6, 6.07) is 10.4. The van der Waals surface area contributed by atoms with Gasteiger partial charge in [-0.05, 0) is 42.3 Å². The van der Waals surface area contributed by atoms with E-state index in [9.17, 15) is 4.79 Å². The number of carboxylic acid groups (broad SMARTS) is 1. The predicted octanol–water partition coefficient (Wildman–Crippen LogP) is 4.02. The van der Waals surface area contributed by atoms with Crippen LogP contribution in [0.5, 0.6) is 5.75 Å². The Balaban J connectivity index is 2.62. The lowest BCUT2D eigenvalue weighted by molar-refractivity contribution is 0.0696. The minimum Gasteiger partial charge on any atom is -0.496 e. The lowest BCUT2D eigenvalue weighted by atomic mass is 9.98. The summed E-state index contributed by atoms with van der Waals surface area (Å²) in [5, 5.41) is 9.66. The van der Waals surface area contributed by atoms with E-state index in [1.165, 1.54) is 13.2 Å². The molecule has 0 heterocycles. The average Bonchev–Trinajstić information content (AvgIpc) is 2.41. The van der Waals surface area contributed by atoms with Gasteiger partial charge in [0.05, 0.1) is 12.7 Å². The smallest absolute Gasteiger partial charge is 0.335 e. The Labute approximate surface area is 116 Å². The molecule has 0 saturated carbocycles. The number of carbonyl (C=O) groups is 1. The summed E-state index contributed by atoms with van der Waals surface area (Å²) >= 11 is 6.11. The second-order valence-corrected chi connectivity index (χ2v) is 4.54. The normalized spacial score (nSPS) is 10.3. The van der Waals surface area contributed by atoms with Crippen LogP contribution in [-0.4, -0.2) is 18.2 Å². The first kappa shape index (κ1) is 13.4. The summed E-state index contributed by atoms with van der Waals surface area (Å²) in [6.45, 7) is 1.92. The molecule has 0 aliphatic heterocycles. The van der Waals surface area contributed by atoms with Gasteiger partial charge in [-0.25, -0.2) is 4.79 Å². The standard InChI is InChI=1S/C15H13ClO3/c1-9-11(4-3-5-13(9)16)12-7-6-10(15(17)18)8-14(12)19-2/h3-8H,1-2H3,(H,17,18). The van der Waals surface area contributed by atoms with Crippen molar-refractivity contribution in [3.05, 3.63) is 52.5 Å². The molecule has 2 aromatic carbocycles. The van der Waals surface area contributed by atoms with Gasteiger partial charge >= 0.3 is 5.97 Å². The first-order valence-electron chi connectivity index (χ1n) is 5.71. The molecule has 0 aromatic heterocycles. The monoisotopic (exact) mass is 276 g/mol. The summed E-state index contributed by atoms with van der Waals surface area (Å²) in [5.74, 6) is -0.460. The van der Waals surface area contributed by atoms with Crippen molar-refractivity contribution in [2.24, 2.45) is 0 Å². The maximum atomic E-state index is 11.0. The van der Waals surface area contributed by atoms with Gasteiger partial charge in [0, 0.05) is 10.6 Å². The van der Waals surface area contributed by atoms with Crippen LogP contribution in [0.3, 0.4) is 0 Å². The Bertz CT molecular complexity index is 635. The van der Waals surface area contributed by atoms with Crippen LogP contribution in [-0.2, 0) is 0 Å². The summed E-state index contributed by atoms with van der Waals surface area (Å²) in [4.78, 5) is 11.0. The molecular formula is C15H13ClO3. The highest BCUT2D eigenvalue weighted by Crippen LogP contribution is 2.35. The quantitative estimate of drug-likeness (QED) is 0.921. The Morgan fingerprint density at radius 2 is 1.95 bits per heavy atom. The summed E-state index contributed by atoms with van der Waals surface area (Å²) in [5.41, 5.74) is 2.89. The van der Waals surface area contributed by atoms with Crippen molar-refractivity contribution in [1.82, 2.24) is 0 Å². The van der Waals surface area contributed by atoms with E-state index in [0.29, 0.717) is 10.8 Å². The van der Waals surface area contributed by atoms with Gasteiger partial charge in [-0.3, -0.25) is 0 Å². The van der Waals surface area contributed by atoms with E-state index >= 15 is 0 Å². The molecule has 0 spiro atoms. The zero-order chi connectivity index (χ0) is 14.0. The van der Waals surface area contributed by atoms with Crippen molar-refractivity contribution >= 4 is 17.6 Å². The molecule has 98 valence electrons. The van der Waals surface area contributed by atoms with Gasteiger partial charge in [-0.2, -0.15) is 0 Å². The van der Waals surface area contributed by atoms with E-state index in [1.54, 1.807) is 12.1 Å². The number of benzene rings is 2. The molecule has 0 aliphatic carbocycles. The number of rotatable bonds is 3. The van der Waals surface area contributed by atoms with Crippen molar-refractivity contribution in [1.29, 1.82) is 0 Å². The number of aromatic carboxylic acids is 1. The van der Waals surface area contributed by atoms with E-state index in [1.807, 2.05) is 25.1 Å². The number of carboxylic acids is 1. The number of methoxy groups -OCH3 is 1. The average molecular weight is 277 g/mol. The van der Waals surface area contributed by atoms with Crippen molar-refractivity contribution < 1.29 is 14.6 Å². The highest BCUT2D eigenvalue weighted by Gasteiger charge is 2.13. The molecule has 0 amide bonds. The maximum absolute atomic E-state index is 11.0. The van der Waals surface area contributed by atoms with Gasteiger partial charge in [0.15, 0.2) is 0 Å². The molecule has 0 bridgehead atoms. The predicted molar refractivity (Wildman–Crippen MR) is 75.1 cm³/mol. The number of hydrogen-bond acceptors (Lipinski definition) is 2. The number of halogens is 1. The topological polar surface area (TPSA) is 46.5 Å². The zero-order valence-corrected chi connectivity index (χ0v) is 11.4. The highest BCUT2D eigenvalue weighted by molar-refractivity contribution is 6.31. The van der Waals surface area contributed by atoms with Crippen LogP contribution < -0.4 is 4.74 Å². The lowest BCUT2D eigenvalue weighted by Gasteiger charge is -2.12. The summed E-state index contributed by atoms with van der Waals surface area (Å²) < 4.78 is 5.28. The third kappa shape index (κ3) is 2.56. The molecule has 3 nitrogen and oxygen atoms in total. The van der Waals surface area contributed by atoms with Crippen LogP contribution in [0.1, 0.15) is 15.9 Å². The molecule has 4 heteroatoms. The Morgan fingerprint density at radius 1 is 1.21 bits per heavy atom. The molecule has 2 rings (SSSR count). The fraction of sp³-hybridized carbons (Fsp3) is 0.133. The SMILES string of the molecule is COc1cc(C(=O)O)ccc1-c1cccc(Cl)c1C. The third-order valence-corrected chi connectivity index (χ3v) is 3.42. The fourth-order valence-electron chi connectivity index (χ4n) is 1.95. The van der Waals surface area contributed by atoms with E-state index in [4.69, 9.17) is 21.4 Å². The van der Waals surface area contributed by atoms with Crippen LogP contribution in [0.25, 0.3) is 11.1 Å². The largest absolute Gasteiger partial charge is 0.496 e. The van der Waals surface area contributed by atoms with Crippen molar-refractivity contribution in [3.63, 3.8) is 0 Å². The minimum absolute atomic E-state index is 0.195.